The molecular weight excluding hydrogens is 422 g/mol. The number of rotatable bonds is 6. The van der Waals surface area contributed by atoms with Crippen LogP contribution in [-0.2, 0) is 6.54 Å². The smallest absolute Gasteiger partial charge is 0.262 e. The SMILES string of the molecule is COc1ccc(NC[C@@H](O)Cn2cnc3ccc(Cl)c(Br)c3c2=O)cc1. The molecule has 26 heavy (non-hydrogen) atoms. The number of aromatic nitrogens is 2. The van der Waals surface area contributed by atoms with Crippen molar-refractivity contribution in [3.05, 3.63) is 62.6 Å². The summed E-state index contributed by atoms with van der Waals surface area (Å²) in [7, 11) is 1.60. The van der Waals surface area contributed by atoms with Crippen LogP contribution in [0.2, 0.25) is 5.02 Å². The Morgan fingerprint density at radius 1 is 1.31 bits per heavy atom. The van der Waals surface area contributed by atoms with E-state index in [4.69, 9.17) is 16.3 Å². The first kappa shape index (κ1) is 18.7. The van der Waals surface area contributed by atoms with Gasteiger partial charge in [0.15, 0.2) is 0 Å². The number of halogens is 2. The number of ether oxygens (including phenoxy) is 1. The average molecular weight is 439 g/mol. The van der Waals surface area contributed by atoms with E-state index >= 15 is 0 Å². The molecule has 0 aliphatic rings. The topological polar surface area (TPSA) is 76.4 Å². The predicted octanol–water partition coefficient (Wildman–Crippen LogP) is 3.29. The highest BCUT2D eigenvalue weighted by atomic mass is 79.9. The zero-order valence-corrected chi connectivity index (χ0v) is 16.3. The quantitative estimate of drug-likeness (QED) is 0.618. The van der Waals surface area contributed by atoms with E-state index in [0.717, 1.165) is 11.4 Å². The highest BCUT2D eigenvalue weighted by molar-refractivity contribution is 9.10. The van der Waals surface area contributed by atoms with Crippen LogP contribution in [0.4, 0.5) is 5.69 Å². The van der Waals surface area contributed by atoms with Crippen molar-refractivity contribution < 1.29 is 9.84 Å². The van der Waals surface area contributed by atoms with E-state index in [1.54, 1.807) is 19.2 Å². The molecule has 0 aliphatic carbocycles. The Morgan fingerprint density at radius 2 is 2.04 bits per heavy atom. The largest absolute Gasteiger partial charge is 0.497 e. The number of anilines is 1. The maximum Gasteiger partial charge on any atom is 0.262 e. The number of hydrogen-bond acceptors (Lipinski definition) is 5. The van der Waals surface area contributed by atoms with Gasteiger partial charge in [-0.25, -0.2) is 4.98 Å². The zero-order valence-electron chi connectivity index (χ0n) is 13.9. The molecule has 8 heteroatoms. The van der Waals surface area contributed by atoms with Crippen LogP contribution in [0, 0.1) is 0 Å². The molecule has 0 radical (unpaired) electrons. The third-order valence-electron chi connectivity index (χ3n) is 3.92. The lowest BCUT2D eigenvalue weighted by atomic mass is 10.2. The normalized spacial score (nSPS) is 12.2. The van der Waals surface area contributed by atoms with E-state index in [9.17, 15) is 9.90 Å². The maximum atomic E-state index is 12.7. The van der Waals surface area contributed by atoms with Crippen LogP contribution in [0.3, 0.4) is 0 Å². The van der Waals surface area contributed by atoms with Gasteiger partial charge in [0.1, 0.15) is 5.75 Å². The van der Waals surface area contributed by atoms with Gasteiger partial charge in [0, 0.05) is 12.2 Å². The molecule has 0 spiro atoms. The lowest BCUT2D eigenvalue weighted by molar-refractivity contribution is 0.165. The minimum absolute atomic E-state index is 0.115. The fraction of sp³-hybridized carbons (Fsp3) is 0.222. The van der Waals surface area contributed by atoms with Gasteiger partial charge in [-0.1, -0.05) is 11.6 Å². The molecule has 1 aromatic heterocycles. The summed E-state index contributed by atoms with van der Waals surface area (Å²) in [5.41, 5.74) is 1.14. The summed E-state index contributed by atoms with van der Waals surface area (Å²) in [5, 5.41) is 14.2. The minimum atomic E-state index is -0.771. The summed E-state index contributed by atoms with van der Waals surface area (Å²) in [4.78, 5) is 16.9. The van der Waals surface area contributed by atoms with Crippen LogP contribution in [0.1, 0.15) is 0 Å². The highest BCUT2D eigenvalue weighted by Crippen LogP contribution is 2.27. The van der Waals surface area contributed by atoms with Crippen molar-refractivity contribution in [3.63, 3.8) is 0 Å². The average Bonchev–Trinajstić information content (AvgIpc) is 2.65. The Balaban J connectivity index is 1.72. The summed E-state index contributed by atoms with van der Waals surface area (Å²) >= 11 is 9.40. The first-order valence-electron chi connectivity index (χ1n) is 7.88. The van der Waals surface area contributed by atoms with Gasteiger partial charge in [0.2, 0.25) is 0 Å². The van der Waals surface area contributed by atoms with Crippen LogP contribution in [0.25, 0.3) is 10.9 Å². The molecular formula is C18H17BrClN3O3. The van der Waals surface area contributed by atoms with Crippen molar-refractivity contribution >= 4 is 44.1 Å². The Kier molecular flexibility index (Phi) is 5.80. The first-order chi connectivity index (χ1) is 12.5. The second-order valence-electron chi connectivity index (χ2n) is 5.72. The van der Waals surface area contributed by atoms with Gasteiger partial charge >= 0.3 is 0 Å². The van der Waals surface area contributed by atoms with Gasteiger partial charge in [-0.3, -0.25) is 9.36 Å². The van der Waals surface area contributed by atoms with Gasteiger partial charge < -0.3 is 15.2 Å². The summed E-state index contributed by atoms with van der Waals surface area (Å²) in [6.07, 6.45) is 0.661. The van der Waals surface area contributed by atoms with Crippen molar-refractivity contribution in [1.82, 2.24) is 9.55 Å². The molecule has 3 rings (SSSR count). The number of hydrogen-bond donors (Lipinski definition) is 2. The molecule has 2 aromatic carbocycles. The van der Waals surface area contributed by atoms with E-state index in [1.807, 2.05) is 24.3 Å². The summed E-state index contributed by atoms with van der Waals surface area (Å²) in [5.74, 6) is 0.758. The number of nitrogens with zero attached hydrogens (tertiary/aromatic N) is 2. The van der Waals surface area contributed by atoms with E-state index in [1.165, 1.54) is 10.9 Å². The van der Waals surface area contributed by atoms with Crippen molar-refractivity contribution in [2.24, 2.45) is 0 Å². The van der Waals surface area contributed by atoms with E-state index < -0.39 is 6.10 Å². The standard InChI is InChI=1S/C18H17BrClN3O3/c1-26-13-4-2-11(3-5-13)21-8-12(24)9-23-10-22-15-7-6-14(20)17(19)16(15)18(23)25/h2-7,10,12,21,24H,8-9H2,1H3/t12-/m1/s1. The van der Waals surface area contributed by atoms with Gasteiger partial charge in [0.25, 0.3) is 5.56 Å². The monoisotopic (exact) mass is 437 g/mol. The molecule has 0 unspecified atom stereocenters. The fourth-order valence-electron chi connectivity index (χ4n) is 2.55. The molecule has 2 N–H and O–H groups in total. The molecule has 6 nitrogen and oxygen atoms in total. The van der Waals surface area contributed by atoms with E-state index in [2.05, 4.69) is 26.2 Å². The Labute approximate surface area is 163 Å². The lowest BCUT2D eigenvalue weighted by Gasteiger charge is -2.15. The Hall–Kier alpha value is -2.09. The lowest BCUT2D eigenvalue weighted by Crippen LogP contribution is -2.31. The molecule has 0 aliphatic heterocycles. The molecule has 0 bridgehead atoms. The van der Waals surface area contributed by atoms with Crippen LogP contribution in [0.5, 0.6) is 5.75 Å². The molecule has 1 heterocycles. The third-order valence-corrected chi connectivity index (χ3v) is 5.29. The zero-order chi connectivity index (χ0) is 18.7. The van der Waals surface area contributed by atoms with Crippen LogP contribution >= 0.6 is 27.5 Å². The first-order valence-corrected chi connectivity index (χ1v) is 9.06. The Morgan fingerprint density at radius 3 is 2.73 bits per heavy atom. The third kappa shape index (κ3) is 4.00. The summed E-state index contributed by atoms with van der Waals surface area (Å²) in [6, 6.07) is 10.7. The molecule has 0 fully saturated rings. The molecule has 0 saturated carbocycles. The van der Waals surface area contributed by atoms with E-state index in [-0.39, 0.29) is 18.6 Å². The maximum absolute atomic E-state index is 12.7. The number of aliphatic hydroxyl groups is 1. The van der Waals surface area contributed by atoms with Crippen LogP contribution in [0.15, 0.2) is 52.0 Å². The summed E-state index contributed by atoms with van der Waals surface area (Å²) < 4.78 is 6.99. The van der Waals surface area contributed by atoms with Gasteiger partial charge in [-0.2, -0.15) is 0 Å². The number of nitrogens with one attached hydrogen (secondary N) is 1. The second kappa shape index (κ2) is 8.07. The molecule has 0 saturated heterocycles. The fourth-order valence-corrected chi connectivity index (χ4v) is 3.21. The number of aliphatic hydroxyl groups excluding tert-OH is 1. The van der Waals surface area contributed by atoms with Crippen molar-refractivity contribution in [2.75, 3.05) is 19.0 Å². The van der Waals surface area contributed by atoms with Crippen molar-refractivity contribution in [2.45, 2.75) is 12.6 Å². The minimum Gasteiger partial charge on any atom is -0.497 e. The number of methoxy groups -OCH3 is 1. The van der Waals surface area contributed by atoms with Crippen molar-refractivity contribution in [1.29, 1.82) is 0 Å². The van der Waals surface area contributed by atoms with Crippen LogP contribution < -0.4 is 15.6 Å². The number of benzene rings is 2. The number of fused-ring (bicyclic) bond motifs is 1. The molecule has 0 amide bonds. The Bertz CT molecular complexity index is 976. The highest BCUT2D eigenvalue weighted by Gasteiger charge is 2.13. The second-order valence-corrected chi connectivity index (χ2v) is 6.92. The molecule has 1 atom stereocenters. The van der Waals surface area contributed by atoms with Crippen LogP contribution in [-0.4, -0.2) is 34.4 Å². The molecule has 3 aromatic rings. The van der Waals surface area contributed by atoms with Crippen molar-refractivity contribution in [3.8, 4) is 5.75 Å². The van der Waals surface area contributed by atoms with Gasteiger partial charge in [0.05, 0.1) is 46.5 Å². The van der Waals surface area contributed by atoms with E-state index in [0.29, 0.717) is 20.4 Å². The van der Waals surface area contributed by atoms with Gasteiger partial charge in [-0.05, 0) is 52.3 Å². The molecule has 136 valence electrons. The van der Waals surface area contributed by atoms with Gasteiger partial charge in [-0.15, -0.1) is 0 Å². The summed E-state index contributed by atoms with van der Waals surface area (Å²) in [6.45, 7) is 0.400. The predicted molar refractivity (Wildman–Crippen MR) is 106 cm³/mol.